The minimum atomic E-state index is -0.211. The van der Waals surface area contributed by atoms with Crippen LogP contribution in [0.4, 0.5) is 0 Å². The average Bonchev–Trinajstić information content (AvgIpc) is 3.40. The molecule has 8 aliphatic carbocycles. The van der Waals surface area contributed by atoms with Crippen molar-refractivity contribution in [1.29, 1.82) is 0 Å². The predicted octanol–water partition coefficient (Wildman–Crippen LogP) is 20.4. The Labute approximate surface area is 414 Å². The summed E-state index contributed by atoms with van der Waals surface area (Å²) in [5.41, 5.74) is 0. The molecule has 0 aromatic rings. The minimum Gasteiger partial charge on any atom is -0.466 e. The molecule has 8 saturated carbocycles. The van der Waals surface area contributed by atoms with Gasteiger partial charge in [-0.1, -0.05) is 308 Å². The molecule has 0 unspecified atom stereocenters. The number of hydrogen-bond acceptors (Lipinski definition) is 6. The van der Waals surface area contributed by atoms with Gasteiger partial charge in [-0.2, -0.15) is 0 Å². The van der Waals surface area contributed by atoms with Crippen LogP contribution in [0.25, 0.3) is 0 Å². The van der Waals surface area contributed by atoms with Crippen molar-refractivity contribution < 1.29 is 28.6 Å². The summed E-state index contributed by atoms with van der Waals surface area (Å²) in [5.74, 6) is -0.632. The molecule has 0 saturated heterocycles. The molecule has 8 fully saturated rings. The maximum atomic E-state index is 9.82. The minimum absolute atomic E-state index is 0.211. The van der Waals surface area contributed by atoms with Crippen molar-refractivity contribution in [3.8, 4) is 0 Å². The molecule has 6 nitrogen and oxygen atoms in total. The van der Waals surface area contributed by atoms with Crippen LogP contribution in [0.15, 0.2) is 0 Å². The van der Waals surface area contributed by atoms with E-state index >= 15 is 0 Å². The van der Waals surface area contributed by atoms with Crippen molar-refractivity contribution >= 4 is 17.9 Å². The molecule has 0 atom stereocenters. The molecule has 0 amide bonds. The van der Waals surface area contributed by atoms with Gasteiger partial charge in [0.05, 0.1) is 19.8 Å². The van der Waals surface area contributed by atoms with Crippen LogP contribution in [0.2, 0.25) is 0 Å². The maximum absolute atomic E-state index is 9.82. The van der Waals surface area contributed by atoms with Gasteiger partial charge in [-0.15, -0.1) is 0 Å². The van der Waals surface area contributed by atoms with E-state index in [0.717, 1.165) is 0 Å². The van der Waals surface area contributed by atoms with Crippen molar-refractivity contribution in [1.82, 2.24) is 0 Å². The number of hydrogen-bond donors (Lipinski definition) is 0. The summed E-state index contributed by atoms with van der Waals surface area (Å²) in [6.45, 7) is 11.0. The van der Waals surface area contributed by atoms with Gasteiger partial charge >= 0.3 is 17.9 Å². The highest BCUT2D eigenvalue weighted by Gasteiger charge is 2.00. The normalized spacial score (nSPS) is 19.5. The van der Waals surface area contributed by atoms with E-state index in [1.165, 1.54) is 329 Å². The third kappa shape index (κ3) is 76.7. The number of rotatable bonds is 3. The third-order valence-electron chi connectivity index (χ3n) is 13.0. The van der Waals surface area contributed by atoms with E-state index in [1.54, 1.807) is 20.8 Å². The van der Waals surface area contributed by atoms with Crippen LogP contribution in [0, 0.1) is 0 Å². The molecule has 0 aromatic heterocycles. The Bertz CT molecular complexity index is 599. The van der Waals surface area contributed by atoms with Gasteiger partial charge in [-0.25, -0.2) is 0 Å². The molecule has 66 heavy (non-hydrogen) atoms. The van der Waals surface area contributed by atoms with Crippen LogP contribution in [0.3, 0.4) is 0 Å². The Kier molecular flexibility index (Phi) is 68.1. The van der Waals surface area contributed by atoms with Crippen molar-refractivity contribution in [2.24, 2.45) is 0 Å². The van der Waals surface area contributed by atoms with Crippen molar-refractivity contribution in [3.63, 3.8) is 0 Å². The summed E-state index contributed by atoms with van der Waals surface area (Å²) in [7, 11) is 0. The van der Waals surface area contributed by atoms with Crippen LogP contribution in [0.1, 0.15) is 350 Å². The summed E-state index contributed by atoms with van der Waals surface area (Å²) in [6.07, 6.45) is 72.0. The second-order valence-corrected chi connectivity index (χ2v) is 19.7. The van der Waals surface area contributed by atoms with E-state index in [4.69, 9.17) is 0 Å². The average molecular weight is 938 g/mol. The molecule has 0 heterocycles. The largest absolute Gasteiger partial charge is 0.466 e. The molecule has 0 aliphatic heterocycles. The Balaban J connectivity index is -0.000000661. The summed E-state index contributed by atoms with van der Waals surface area (Å²) < 4.78 is 13.2. The first-order chi connectivity index (χ1) is 32.3. The summed E-state index contributed by atoms with van der Waals surface area (Å²) in [6, 6.07) is 0. The fourth-order valence-corrected chi connectivity index (χ4v) is 9.10. The molecule has 8 rings (SSSR count). The first-order valence-corrected chi connectivity index (χ1v) is 29.7. The highest BCUT2D eigenvalue weighted by molar-refractivity contribution is 5.66. The lowest BCUT2D eigenvalue weighted by Gasteiger charge is -2.05. The molecule has 6 heteroatoms. The van der Waals surface area contributed by atoms with E-state index in [9.17, 15) is 14.4 Å². The van der Waals surface area contributed by atoms with Gasteiger partial charge in [0, 0.05) is 20.8 Å². The SMILES string of the molecule is C1CCCCC1.C1CCCCC1.C1CCCCC1.C1CCCCC1.C1CCCCC1.C1CCCCC1.C1CCCCC1.C1CCCCC1.CCOC(C)=O.CCOC(C)=O.CCOC(C)=O. The molecule has 396 valence electrons. The topological polar surface area (TPSA) is 78.9 Å². The molecule has 0 radical (unpaired) electrons. The Morgan fingerprint density at radius 2 is 0.258 bits per heavy atom. The van der Waals surface area contributed by atoms with Gasteiger partial charge in [0.2, 0.25) is 0 Å². The van der Waals surface area contributed by atoms with Crippen molar-refractivity contribution in [3.05, 3.63) is 0 Å². The quantitative estimate of drug-likeness (QED) is 0.207. The Morgan fingerprint density at radius 3 is 0.273 bits per heavy atom. The maximum Gasteiger partial charge on any atom is 0.302 e. The van der Waals surface area contributed by atoms with Gasteiger partial charge in [0.25, 0.3) is 0 Å². The lowest BCUT2D eigenvalue weighted by molar-refractivity contribution is -0.141. The monoisotopic (exact) mass is 937 g/mol. The number of carbonyl (C=O) groups is 3. The third-order valence-corrected chi connectivity index (χ3v) is 13.0. The van der Waals surface area contributed by atoms with Crippen molar-refractivity contribution in [2.75, 3.05) is 19.8 Å². The number of esters is 3. The molecular formula is C60H120O6. The smallest absolute Gasteiger partial charge is 0.302 e. The molecule has 0 bridgehead atoms. The van der Waals surface area contributed by atoms with E-state index in [0.29, 0.717) is 19.8 Å². The zero-order valence-corrected chi connectivity index (χ0v) is 46.0. The van der Waals surface area contributed by atoms with E-state index in [2.05, 4.69) is 14.2 Å². The molecule has 0 N–H and O–H groups in total. The summed E-state index contributed by atoms with van der Waals surface area (Å²) >= 11 is 0. The molecular weight excluding hydrogens is 817 g/mol. The van der Waals surface area contributed by atoms with E-state index in [-0.39, 0.29) is 17.9 Å². The van der Waals surface area contributed by atoms with Gasteiger partial charge < -0.3 is 14.2 Å². The first-order valence-electron chi connectivity index (χ1n) is 29.7. The lowest BCUT2D eigenvalue weighted by atomic mass is 10.0. The zero-order valence-electron chi connectivity index (χ0n) is 46.0. The Hall–Kier alpha value is -1.59. The van der Waals surface area contributed by atoms with Gasteiger partial charge in [0.15, 0.2) is 0 Å². The molecule has 0 spiro atoms. The van der Waals surface area contributed by atoms with Crippen LogP contribution in [0.5, 0.6) is 0 Å². The van der Waals surface area contributed by atoms with E-state index in [1.807, 2.05) is 0 Å². The second kappa shape index (κ2) is 65.5. The van der Waals surface area contributed by atoms with Crippen LogP contribution in [-0.4, -0.2) is 37.7 Å². The standard InChI is InChI=1S/8C6H12.3C4H8O2/c8*1-2-4-6-5-3-1;3*1-3-6-4(2)5/h8*1-6H2;3*3H2,1-2H3. The summed E-state index contributed by atoms with van der Waals surface area (Å²) in [5, 5.41) is 0. The van der Waals surface area contributed by atoms with Gasteiger partial charge in [-0.05, 0) is 20.8 Å². The lowest BCUT2D eigenvalue weighted by Crippen LogP contribution is -1.95. The van der Waals surface area contributed by atoms with Crippen LogP contribution < -0.4 is 0 Å². The Morgan fingerprint density at radius 1 is 0.197 bits per heavy atom. The number of ether oxygens (including phenoxy) is 3. The highest BCUT2D eigenvalue weighted by atomic mass is 16.5. The number of carbonyl (C=O) groups excluding carboxylic acids is 3. The molecule has 0 aromatic carbocycles. The second-order valence-electron chi connectivity index (χ2n) is 19.7. The molecule has 8 aliphatic rings. The highest BCUT2D eigenvalue weighted by Crippen LogP contribution is 2.19. The predicted molar refractivity (Wildman–Crippen MR) is 289 cm³/mol. The van der Waals surface area contributed by atoms with Crippen LogP contribution in [-0.2, 0) is 28.6 Å². The fraction of sp³-hybridized carbons (Fsp3) is 0.950. The van der Waals surface area contributed by atoms with Crippen LogP contribution >= 0.6 is 0 Å². The van der Waals surface area contributed by atoms with Gasteiger partial charge in [-0.3, -0.25) is 14.4 Å². The van der Waals surface area contributed by atoms with Crippen molar-refractivity contribution in [2.45, 2.75) is 350 Å². The zero-order chi connectivity index (χ0) is 48.9. The first kappa shape index (κ1) is 68.7. The summed E-state index contributed by atoms with van der Waals surface area (Å²) in [4.78, 5) is 29.5. The van der Waals surface area contributed by atoms with E-state index < -0.39 is 0 Å². The van der Waals surface area contributed by atoms with Gasteiger partial charge in [0.1, 0.15) is 0 Å². The fourth-order valence-electron chi connectivity index (χ4n) is 9.10.